The van der Waals surface area contributed by atoms with Gasteiger partial charge in [-0.1, -0.05) is 210 Å². The molecule has 3 nitrogen and oxygen atoms in total. The Morgan fingerprint density at radius 2 is 0.704 bits per heavy atom. The quantitative estimate of drug-likeness (QED) is 0.0501. The molecule has 0 bridgehead atoms. The largest absolute Gasteiger partial charge is 0.488 e. The zero-order valence-electron chi connectivity index (χ0n) is 35.9. The van der Waals surface area contributed by atoms with E-state index in [9.17, 15) is 0 Å². The molecule has 308 valence electrons. The van der Waals surface area contributed by atoms with Crippen LogP contribution in [0.1, 0.15) is 225 Å². The molecule has 1 aromatic heterocycles. The maximum absolute atomic E-state index is 6.32. The lowest BCUT2D eigenvalue weighted by Crippen LogP contribution is -2.01. The molecule has 0 saturated heterocycles. The second kappa shape index (κ2) is 37.5. The molecule has 3 heteroatoms. The van der Waals surface area contributed by atoms with Crippen LogP contribution < -0.4 is 9.47 Å². The first kappa shape index (κ1) is 47.7. The van der Waals surface area contributed by atoms with Crippen molar-refractivity contribution in [2.75, 3.05) is 13.2 Å². The van der Waals surface area contributed by atoms with E-state index < -0.39 is 0 Å². The van der Waals surface area contributed by atoms with Crippen LogP contribution in [0.5, 0.6) is 11.5 Å². The molecule has 54 heavy (non-hydrogen) atoms. The summed E-state index contributed by atoms with van der Waals surface area (Å²) in [4.78, 5) is 0. The first-order valence-corrected chi connectivity index (χ1v) is 23.6. The van der Waals surface area contributed by atoms with Gasteiger partial charge in [0.1, 0.15) is 0 Å². The molecule has 0 fully saturated rings. The van der Waals surface area contributed by atoms with E-state index in [4.69, 9.17) is 9.47 Å². The minimum absolute atomic E-state index is 0.770. The summed E-state index contributed by atoms with van der Waals surface area (Å²) in [6.07, 6.45) is 56.9. The summed E-state index contributed by atoms with van der Waals surface area (Å²) in [6.45, 7) is 6.96. The van der Waals surface area contributed by atoms with Gasteiger partial charge in [0.2, 0.25) is 0 Å². The van der Waals surface area contributed by atoms with Gasteiger partial charge in [0.15, 0.2) is 11.5 Å². The van der Waals surface area contributed by atoms with E-state index in [1.54, 1.807) is 0 Å². The van der Waals surface area contributed by atoms with Crippen molar-refractivity contribution >= 4 is 0 Å². The number of hydrogen-bond acceptors (Lipinski definition) is 2. The van der Waals surface area contributed by atoms with Gasteiger partial charge in [0, 0.05) is 6.54 Å². The van der Waals surface area contributed by atoms with Gasteiger partial charge in [0.05, 0.1) is 25.6 Å². The topological polar surface area (TPSA) is 23.4 Å². The Kier molecular flexibility index (Phi) is 33.1. The molecule has 0 radical (unpaired) electrons. The molecule has 0 aliphatic carbocycles. The molecule has 0 saturated carbocycles. The van der Waals surface area contributed by atoms with Gasteiger partial charge < -0.3 is 14.0 Å². The Labute approximate surface area is 336 Å². The van der Waals surface area contributed by atoms with Crippen molar-refractivity contribution in [2.24, 2.45) is 0 Å². The fraction of sp³-hybridized carbons (Fsp3) is 0.725. The number of allylic oxidation sites excluding steroid dienone is 4. The van der Waals surface area contributed by atoms with Crippen LogP contribution in [0.2, 0.25) is 0 Å². The van der Waals surface area contributed by atoms with E-state index in [2.05, 4.69) is 85.4 Å². The number of unbranched alkanes of at least 4 members (excludes halogenated alkanes) is 28. The van der Waals surface area contributed by atoms with E-state index in [-0.39, 0.29) is 0 Å². The summed E-state index contributed by atoms with van der Waals surface area (Å²) in [5.74, 6) is 1.81. The van der Waals surface area contributed by atoms with E-state index in [0.717, 1.165) is 44.1 Å². The SMILES string of the molecule is CCCCCCCC/C=C\CCCCCCCCCCOc1cn(Cc2ccccc2)cc1OCCCCCCCCCC/C=C\CCCCCCCC. The molecule has 0 atom stereocenters. The Morgan fingerprint density at radius 3 is 1.06 bits per heavy atom. The van der Waals surface area contributed by atoms with E-state index >= 15 is 0 Å². The first-order chi connectivity index (χ1) is 26.8. The van der Waals surface area contributed by atoms with Gasteiger partial charge in [-0.3, -0.25) is 0 Å². The number of benzene rings is 1. The minimum Gasteiger partial charge on any atom is -0.488 e. The molecule has 0 aliphatic rings. The summed E-state index contributed by atoms with van der Waals surface area (Å²) in [6, 6.07) is 10.7. The molecule has 2 aromatic rings. The summed E-state index contributed by atoms with van der Waals surface area (Å²) in [7, 11) is 0. The minimum atomic E-state index is 0.770. The average molecular weight is 746 g/mol. The van der Waals surface area contributed by atoms with E-state index in [0.29, 0.717) is 0 Å². The second-order valence-corrected chi connectivity index (χ2v) is 16.1. The van der Waals surface area contributed by atoms with Crippen LogP contribution in [-0.2, 0) is 6.54 Å². The maximum Gasteiger partial charge on any atom is 0.178 e. The van der Waals surface area contributed by atoms with Gasteiger partial charge in [-0.25, -0.2) is 0 Å². The van der Waals surface area contributed by atoms with Crippen molar-refractivity contribution in [2.45, 2.75) is 226 Å². The van der Waals surface area contributed by atoms with Crippen molar-refractivity contribution in [3.8, 4) is 11.5 Å². The highest BCUT2D eigenvalue weighted by Crippen LogP contribution is 2.30. The lowest BCUT2D eigenvalue weighted by molar-refractivity contribution is 0.260. The van der Waals surface area contributed by atoms with Crippen LogP contribution >= 0.6 is 0 Å². The molecule has 1 heterocycles. The fourth-order valence-corrected chi connectivity index (χ4v) is 7.34. The highest BCUT2D eigenvalue weighted by molar-refractivity contribution is 5.38. The molecule has 0 aliphatic heterocycles. The molecular formula is C51H87NO2. The summed E-state index contributed by atoms with van der Waals surface area (Å²) in [5, 5.41) is 0. The molecule has 0 spiro atoms. The van der Waals surface area contributed by atoms with Gasteiger partial charge in [-0.15, -0.1) is 0 Å². The van der Waals surface area contributed by atoms with Gasteiger partial charge in [0.25, 0.3) is 0 Å². The zero-order valence-corrected chi connectivity index (χ0v) is 35.9. The van der Waals surface area contributed by atoms with Gasteiger partial charge in [-0.05, 0) is 69.8 Å². The maximum atomic E-state index is 6.32. The Bertz CT molecular complexity index is 1040. The highest BCUT2D eigenvalue weighted by Gasteiger charge is 2.11. The van der Waals surface area contributed by atoms with E-state index in [1.807, 2.05) is 0 Å². The van der Waals surface area contributed by atoms with Crippen LogP contribution in [0.15, 0.2) is 67.0 Å². The lowest BCUT2D eigenvalue weighted by atomic mass is 10.1. The zero-order chi connectivity index (χ0) is 38.3. The Balaban J connectivity index is 1.49. The van der Waals surface area contributed by atoms with Gasteiger partial charge in [-0.2, -0.15) is 0 Å². The van der Waals surface area contributed by atoms with Crippen molar-refractivity contribution in [3.63, 3.8) is 0 Å². The van der Waals surface area contributed by atoms with Crippen LogP contribution in [0, 0.1) is 0 Å². The molecule has 0 amide bonds. The van der Waals surface area contributed by atoms with E-state index in [1.165, 1.54) is 198 Å². The third kappa shape index (κ3) is 28.9. The fourth-order valence-electron chi connectivity index (χ4n) is 7.34. The Morgan fingerprint density at radius 1 is 0.389 bits per heavy atom. The van der Waals surface area contributed by atoms with Crippen molar-refractivity contribution < 1.29 is 9.47 Å². The van der Waals surface area contributed by atoms with Crippen LogP contribution in [-0.4, -0.2) is 17.8 Å². The number of hydrogen-bond donors (Lipinski definition) is 0. The monoisotopic (exact) mass is 746 g/mol. The Hall–Kier alpha value is -2.42. The second-order valence-electron chi connectivity index (χ2n) is 16.1. The number of ether oxygens (including phenoxy) is 2. The molecule has 0 unspecified atom stereocenters. The predicted molar refractivity (Wildman–Crippen MR) is 238 cm³/mol. The summed E-state index contributed by atoms with van der Waals surface area (Å²) >= 11 is 0. The third-order valence-corrected chi connectivity index (χ3v) is 10.8. The smallest absolute Gasteiger partial charge is 0.178 e. The lowest BCUT2D eigenvalue weighted by Gasteiger charge is -2.09. The number of nitrogens with zero attached hydrogens (tertiary/aromatic N) is 1. The predicted octanol–water partition coefficient (Wildman–Crippen LogP) is 16.9. The number of rotatable bonds is 40. The molecule has 2 rings (SSSR count). The number of aromatic nitrogens is 1. The normalized spacial score (nSPS) is 11.7. The van der Waals surface area contributed by atoms with Crippen LogP contribution in [0.3, 0.4) is 0 Å². The van der Waals surface area contributed by atoms with Gasteiger partial charge >= 0.3 is 0 Å². The molecule has 0 N–H and O–H groups in total. The summed E-state index contributed by atoms with van der Waals surface area (Å²) in [5.41, 5.74) is 1.30. The van der Waals surface area contributed by atoms with Crippen LogP contribution in [0.25, 0.3) is 0 Å². The third-order valence-electron chi connectivity index (χ3n) is 10.8. The summed E-state index contributed by atoms with van der Waals surface area (Å²) < 4.78 is 14.9. The van der Waals surface area contributed by atoms with Crippen molar-refractivity contribution in [1.29, 1.82) is 0 Å². The van der Waals surface area contributed by atoms with Crippen molar-refractivity contribution in [1.82, 2.24) is 4.57 Å². The molecular weight excluding hydrogens is 659 g/mol. The standard InChI is InChI=1S/C51H87NO2/c1-3-5-7-9-11-13-15-17-19-21-23-25-27-29-31-33-35-40-44-53-50-47-52(46-49-42-38-37-39-43-49)48-51(50)54-45-41-36-34-32-30-28-26-24-22-20-18-16-14-12-10-8-6-4-2/h17-20,37-39,42-43,47-48H,3-16,21-36,40-41,44-46H2,1-2H3/b19-17-,20-18-. The average Bonchev–Trinajstić information content (AvgIpc) is 3.57. The highest BCUT2D eigenvalue weighted by atomic mass is 16.5. The molecule has 1 aromatic carbocycles. The van der Waals surface area contributed by atoms with Crippen molar-refractivity contribution in [3.05, 3.63) is 72.6 Å². The van der Waals surface area contributed by atoms with Crippen LogP contribution in [0.4, 0.5) is 0 Å². The first-order valence-electron chi connectivity index (χ1n) is 23.6.